The van der Waals surface area contributed by atoms with Crippen LogP contribution in [0.1, 0.15) is 39.5 Å². The van der Waals surface area contributed by atoms with Crippen LogP contribution in [0.2, 0.25) is 0 Å². The predicted octanol–water partition coefficient (Wildman–Crippen LogP) is 1.75. The van der Waals surface area contributed by atoms with Gasteiger partial charge < -0.3 is 24.8 Å². The Bertz CT molecular complexity index is 460. The molecule has 28 heavy (non-hydrogen) atoms. The Morgan fingerprint density at radius 1 is 1.21 bits per heavy atom. The fourth-order valence-corrected chi connectivity index (χ4v) is 3.29. The van der Waals surface area contributed by atoms with Gasteiger partial charge in [-0.05, 0) is 51.1 Å². The third-order valence-electron chi connectivity index (χ3n) is 5.27. The number of guanidine groups is 1. The molecule has 1 heterocycles. The second kappa shape index (κ2) is 13.8. The zero-order chi connectivity index (χ0) is 20.9. The number of methoxy groups -OCH3 is 1. The van der Waals surface area contributed by atoms with E-state index >= 15 is 0 Å². The number of nitrogens with zero attached hydrogens (tertiary/aromatic N) is 4. The number of hydrogen-bond acceptors (Lipinski definition) is 4. The summed E-state index contributed by atoms with van der Waals surface area (Å²) in [5, 5.41) is 3.46. The van der Waals surface area contributed by atoms with E-state index < -0.39 is 0 Å². The van der Waals surface area contributed by atoms with Gasteiger partial charge in [-0.3, -0.25) is 4.79 Å². The summed E-state index contributed by atoms with van der Waals surface area (Å²) in [5.41, 5.74) is 0. The first-order chi connectivity index (χ1) is 13.3. The lowest BCUT2D eigenvalue weighted by molar-refractivity contribution is -0.127. The maximum atomic E-state index is 11.9. The van der Waals surface area contributed by atoms with Crippen molar-refractivity contribution in [3.8, 4) is 0 Å². The molecule has 1 aliphatic rings. The van der Waals surface area contributed by atoms with Gasteiger partial charge in [0.25, 0.3) is 0 Å². The molecule has 1 fully saturated rings. The van der Waals surface area contributed by atoms with Crippen LogP contribution in [0, 0.1) is 11.8 Å². The molecule has 164 valence electrons. The zero-order valence-electron chi connectivity index (χ0n) is 19.0. The van der Waals surface area contributed by atoms with Gasteiger partial charge in [0.15, 0.2) is 5.96 Å². The minimum Gasteiger partial charge on any atom is -0.383 e. The van der Waals surface area contributed by atoms with Gasteiger partial charge in [-0.15, -0.1) is 0 Å². The summed E-state index contributed by atoms with van der Waals surface area (Å²) < 4.78 is 5.14. The molecule has 0 bridgehead atoms. The number of carbonyl (C=O) groups is 1. The first-order valence-electron chi connectivity index (χ1n) is 10.7. The Labute approximate surface area is 172 Å². The highest BCUT2D eigenvalue weighted by Crippen LogP contribution is 2.22. The standard InChI is InChI=1S/C21H43N5O2/c1-18(2)16-22-21(23-17-20(27)24(3)4)26-12-9-19(10-13-26)8-7-11-25(5)14-15-28-6/h18-19H,7-17H2,1-6H3,(H,22,23). The Morgan fingerprint density at radius 2 is 1.89 bits per heavy atom. The molecular weight excluding hydrogens is 354 g/mol. The normalized spacial score (nSPS) is 16.1. The van der Waals surface area contributed by atoms with E-state index in [0.717, 1.165) is 51.2 Å². The van der Waals surface area contributed by atoms with E-state index in [0.29, 0.717) is 5.92 Å². The largest absolute Gasteiger partial charge is 0.383 e. The average molecular weight is 398 g/mol. The lowest BCUT2D eigenvalue weighted by atomic mass is 9.92. The second-order valence-corrected chi connectivity index (χ2v) is 8.57. The number of rotatable bonds is 11. The molecule has 0 radical (unpaired) electrons. The van der Waals surface area contributed by atoms with Crippen LogP contribution in [0.5, 0.6) is 0 Å². The third kappa shape index (κ3) is 10.3. The summed E-state index contributed by atoms with van der Waals surface area (Å²) in [4.78, 5) is 22.8. The van der Waals surface area contributed by atoms with Gasteiger partial charge in [-0.25, -0.2) is 4.99 Å². The summed E-state index contributed by atoms with van der Waals surface area (Å²) in [6, 6.07) is 0. The van der Waals surface area contributed by atoms with Crippen molar-refractivity contribution in [1.82, 2.24) is 20.0 Å². The van der Waals surface area contributed by atoms with Gasteiger partial charge in [0, 0.05) is 47.4 Å². The molecule has 7 nitrogen and oxygen atoms in total. The van der Waals surface area contributed by atoms with E-state index in [2.05, 4.69) is 41.0 Å². The number of hydrogen-bond donors (Lipinski definition) is 1. The highest BCUT2D eigenvalue weighted by atomic mass is 16.5. The first kappa shape index (κ1) is 24.7. The fourth-order valence-electron chi connectivity index (χ4n) is 3.29. The van der Waals surface area contributed by atoms with Crippen LogP contribution < -0.4 is 5.32 Å². The van der Waals surface area contributed by atoms with Crippen LogP contribution in [-0.2, 0) is 9.53 Å². The highest BCUT2D eigenvalue weighted by Gasteiger charge is 2.22. The topological polar surface area (TPSA) is 60.4 Å². The average Bonchev–Trinajstić information content (AvgIpc) is 2.66. The van der Waals surface area contributed by atoms with Crippen molar-refractivity contribution in [2.24, 2.45) is 16.8 Å². The van der Waals surface area contributed by atoms with E-state index in [1.54, 1.807) is 26.1 Å². The number of likely N-dealkylation sites (tertiary alicyclic amines) is 1. The monoisotopic (exact) mass is 397 g/mol. The van der Waals surface area contributed by atoms with E-state index in [1.165, 1.54) is 25.7 Å². The summed E-state index contributed by atoms with van der Waals surface area (Å²) in [6.45, 7) is 10.4. The van der Waals surface area contributed by atoms with Gasteiger partial charge in [-0.2, -0.15) is 0 Å². The predicted molar refractivity (Wildman–Crippen MR) is 117 cm³/mol. The molecule has 0 saturated carbocycles. The molecule has 1 amide bonds. The summed E-state index contributed by atoms with van der Waals surface area (Å²) in [7, 11) is 7.47. The number of aliphatic imine (C=N–C) groups is 1. The van der Waals surface area contributed by atoms with Crippen LogP contribution in [-0.4, -0.2) is 101 Å². The van der Waals surface area contributed by atoms with Gasteiger partial charge in [0.05, 0.1) is 6.61 Å². The van der Waals surface area contributed by atoms with Crippen molar-refractivity contribution >= 4 is 11.9 Å². The Kier molecular flexibility index (Phi) is 12.1. The molecule has 0 aromatic heterocycles. The Hall–Kier alpha value is -1.34. The maximum Gasteiger partial charge on any atom is 0.243 e. The fraction of sp³-hybridized carbons (Fsp3) is 0.905. The summed E-state index contributed by atoms with van der Waals surface area (Å²) >= 11 is 0. The Balaban J connectivity index is 2.44. The van der Waals surface area contributed by atoms with Crippen molar-refractivity contribution in [3.63, 3.8) is 0 Å². The quantitative estimate of drug-likeness (QED) is 0.425. The van der Waals surface area contributed by atoms with Crippen molar-refractivity contribution in [2.75, 3.05) is 74.1 Å². The van der Waals surface area contributed by atoms with Crippen molar-refractivity contribution in [2.45, 2.75) is 39.5 Å². The van der Waals surface area contributed by atoms with Crippen molar-refractivity contribution in [3.05, 3.63) is 0 Å². The molecule has 0 aliphatic carbocycles. The molecule has 0 aromatic rings. The molecule has 1 N–H and O–H groups in total. The van der Waals surface area contributed by atoms with Crippen LogP contribution in [0.15, 0.2) is 4.99 Å². The highest BCUT2D eigenvalue weighted by molar-refractivity contribution is 5.84. The summed E-state index contributed by atoms with van der Waals surface area (Å²) in [6.07, 6.45) is 4.93. The molecule has 0 aromatic carbocycles. The molecule has 1 saturated heterocycles. The Morgan fingerprint density at radius 3 is 2.46 bits per heavy atom. The minimum absolute atomic E-state index is 0.0383. The first-order valence-corrected chi connectivity index (χ1v) is 10.7. The van der Waals surface area contributed by atoms with E-state index in [4.69, 9.17) is 4.74 Å². The molecule has 1 rings (SSSR count). The van der Waals surface area contributed by atoms with E-state index in [1.807, 2.05) is 0 Å². The number of nitrogens with one attached hydrogen (secondary N) is 1. The lowest BCUT2D eigenvalue weighted by Crippen LogP contribution is -2.47. The molecular formula is C21H43N5O2. The molecule has 7 heteroatoms. The number of amides is 1. The third-order valence-corrected chi connectivity index (χ3v) is 5.27. The van der Waals surface area contributed by atoms with Gasteiger partial charge in [0.2, 0.25) is 5.91 Å². The number of likely N-dealkylation sites (N-methyl/N-ethyl adjacent to an activating group) is 2. The van der Waals surface area contributed by atoms with Crippen LogP contribution in [0.4, 0.5) is 0 Å². The minimum atomic E-state index is 0.0383. The molecule has 0 atom stereocenters. The van der Waals surface area contributed by atoms with E-state index in [-0.39, 0.29) is 12.5 Å². The van der Waals surface area contributed by atoms with Crippen LogP contribution in [0.3, 0.4) is 0 Å². The van der Waals surface area contributed by atoms with Gasteiger partial charge in [0.1, 0.15) is 6.54 Å². The lowest BCUT2D eigenvalue weighted by Gasteiger charge is -2.35. The number of ether oxygens (including phenoxy) is 1. The number of piperidine rings is 1. The molecule has 0 unspecified atom stereocenters. The summed E-state index contributed by atoms with van der Waals surface area (Å²) in [5.74, 6) is 2.27. The van der Waals surface area contributed by atoms with Crippen molar-refractivity contribution < 1.29 is 9.53 Å². The second-order valence-electron chi connectivity index (χ2n) is 8.57. The smallest absolute Gasteiger partial charge is 0.243 e. The SMILES string of the molecule is COCCN(C)CCCC1CCN(C(=NCC(=O)N(C)C)NCC(C)C)CC1. The van der Waals surface area contributed by atoms with Gasteiger partial charge in [-0.1, -0.05) is 13.8 Å². The van der Waals surface area contributed by atoms with E-state index in [9.17, 15) is 4.79 Å². The van der Waals surface area contributed by atoms with Crippen LogP contribution >= 0.6 is 0 Å². The zero-order valence-corrected chi connectivity index (χ0v) is 19.0. The number of carbonyl (C=O) groups excluding carboxylic acids is 1. The molecule has 0 spiro atoms. The molecule has 1 aliphatic heterocycles. The van der Waals surface area contributed by atoms with Crippen molar-refractivity contribution in [1.29, 1.82) is 0 Å². The van der Waals surface area contributed by atoms with Gasteiger partial charge >= 0.3 is 0 Å². The van der Waals surface area contributed by atoms with Crippen LogP contribution in [0.25, 0.3) is 0 Å². The maximum absolute atomic E-state index is 11.9.